The van der Waals surface area contributed by atoms with Gasteiger partial charge in [0.1, 0.15) is 6.04 Å². The van der Waals surface area contributed by atoms with Gasteiger partial charge in [-0.15, -0.1) is 0 Å². The minimum Gasteiger partial charge on any atom is -1.00 e. The van der Waals surface area contributed by atoms with Crippen molar-refractivity contribution in [2.75, 3.05) is 18.2 Å². The molecule has 3 rings (SSSR count). The SMILES string of the molecule is COC(=O)CC[C@H](NC(=O)c1ccc(NCc2cnc3nc(N)[nH]c(=O)c3n2)cc1)C(=O)O.[H-].[Na+]. The van der Waals surface area contributed by atoms with Gasteiger partial charge >= 0.3 is 41.5 Å². The number of methoxy groups -OCH3 is 1. The monoisotopic (exact) mass is 479 g/mol. The van der Waals surface area contributed by atoms with Crippen molar-refractivity contribution in [1.82, 2.24) is 25.3 Å². The van der Waals surface area contributed by atoms with Gasteiger partial charge in [0.05, 0.1) is 25.5 Å². The van der Waals surface area contributed by atoms with Crippen LogP contribution in [0.15, 0.2) is 35.3 Å². The van der Waals surface area contributed by atoms with Gasteiger partial charge in [-0.05, 0) is 30.7 Å². The minimum absolute atomic E-state index is 0. The molecule has 6 N–H and O–H groups in total. The minimum atomic E-state index is -1.25. The van der Waals surface area contributed by atoms with E-state index in [2.05, 4.69) is 35.3 Å². The molecule has 0 aliphatic carbocycles. The number of carbonyl (C=O) groups excluding carboxylic acids is 2. The number of nitrogens with zero attached hydrogens (tertiary/aromatic N) is 3. The van der Waals surface area contributed by atoms with Crippen LogP contribution in [0.2, 0.25) is 0 Å². The molecular weight excluding hydrogens is 457 g/mol. The molecule has 0 saturated heterocycles. The van der Waals surface area contributed by atoms with Crippen LogP contribution in [-0.2, 0) is 20.9 Å². The van der Waals surface area contributed by atoms with Crippen molar-refractivity contribution < 1.29 is 55.2 Å². The Morgan fingerprint density at radius 1 is 1.24 bits per heavy atom. The average Bonchev–Trinajstić information content (AvgIpc) is 2.80. The van der Waals surface area contributed by atoms with Crippen LogP contribution in [0.25, 0.3) is 11.2 Å². The van der Waals surface area contributed by atoms with Crippen LogP contribution in [-0.4, -0.2) is 56.0 Å². The van der Waals surface area contributed by atoms with E-state index in [0.717, 1.165) is 0 Å². The first-order valence-electron chi connectivity index (χ1n) is 9.72. The molecule has 1 aromatic carbocycles. The molecule has 0 aliphatic rings. The zero-order chi connectivity index (χ0) is 24.0. The molecule has 2 aromatic heterocycles. The van der Waals surface area contributed by atoms with Gasteiger partial charge in [-0.25, -0.2) is 14.8 Å². The molecule has 0 unspecified atom stereocenters. The Morgan fingerprint density at radius 2 is 1.94 bits per heavy atom. The van der Waals surface area contributed by atoms with Crippen molar-refractivity contribution in [2.45, 2.75) is 25.4 Å². The Bertz CT molecular complexity index is 1250. The van der Waals surface area contributed by atoms with E-state index in [-0.39, 0.29) is 73.0 Å². The van der Waals surface area contributed by atoms with Crippen molar-refractivity contribution in [3.05, 3.63) is 52.1 Å². The molecule has 3 aromatic rings. The Morgan fingerprint density at radius 3 is 2.59 bits per heavy atom. The molecule has 1 amide bonds. The number of aliphatic carboxylic acids is 1. The maximum absolute atomic E-state index is 12.4. The second-order valence-corrected chi connectivity index (χ2v) is 6.89. The number of carbonyl (C=O) groups is 3. The molecule has 0 aliphatic heterocycles. The summed E-state index contributed by atoms with van der Waals surface area (Å²) in [6.45, 7) is 0.243. The number of rotatable bonds is 9. The Hall–Kier alpha value is -3.55. The molecular formula is C20H22N7NaO6. The summed E-state index contributed by atoms with van der Waals surface area (Å²) >= 11 is 0. The largest absolute Gasteiger partial charge is 1.00 e. The number of hydrogen-bond donors (Lipinski definition) is 5. The van der Waals surface area contributed by atoms with E-state index in [1.165, 1.54) is 25.4 Å². The number of amides is 1. The molecule has 0 fully saturated rings. The molecule has 174 valence electrons. The van der Waals surface area contributed by atoms with E-state index >= 15 is 0 Å². The van der Waals surface area contributed by atoms with Crippen molar-refractivity contribution in [3.63, 3.8) is 0 Å². The molecule has 1 atom stereocenters. The summed E-state index contributed by atoms with van der Waals surface area (Å²) < 4.78 is 4.48. The second kappa shape index (κ2) is 12.1. The van der Waals surface area contributed by atoms with Crippen molar-refractivity contribution >= 4 is 40.6 Å². The standard InChI is InChI=1S/C20H21N7O6.Na.H/c1-33-14(28)7-6-13(19(31)32)25-17(29)10-2-4-11(5-3-10)22-8-12-9-23-16-15(24-12)18(30)27-20(21)26-16;;/h2-5,9,13,22H,6-8H2,1H3,(H,25,29)(H,31,32)(H3,21,23,26,27,30);;/q;+1;-1/t13-;;/m0../s1. The average molecular weight is 479 g/mol. The maximum atomic E-state index is 12.4. The van der Waals surface area contributed by atoms with Crippen molar-refractivity contribution in [1.29, 1.82) is 0 Å². The summed E-state index contributed by atoms with van der Waals surface area (Å²) in [6.07, 6.45) is 1.23. The molecule has 0 bridgehead atoms. The molecule has 2 heterocycles. The number of esters is 1. The van der Waals surface area contributed by atoms with E-state index in [0.29, 0.717) is 11.4 Å². The molecule has 34 heavy (non-hydrogen) atoms. The van der Waals surface area contributed by atoms with Gasteiger partial charge in [0, 0.05) is 17.7 Å². The topological polar surface area (TPSA) is 202 Å². The van der Waals surface area contributed by atoms with E-state index in [1.807, 2.05) is 0 Å². The number of nitrogens with two attached hydrogens (primary N) is 1. The van der Waals surface area contributed by atoms with Crippen LogP contribution >= 0.6 is 0 Å². The number of ether oxygens (including phenoxy) is 1. The molecule has 0 radical (unpaired) electrons. The predicted molar refractivity (Wildman–Crippen MR) is 117 cm³/mol. The summed E-state index contributed by atoms with van der Waals surface area (Å²) in [6, 6.07) is 5.06. The van der Waals surface area contributed by atoms with Crippen molar-refractivity contribution in [2.24, 2.45) is 0 Å². The van der Waals surface area contributed by atoms with Gasteiger partial charge in [-0.2, -0.15) is 4.98 Å². The summed E-state index contributed by atoms with van der Waals surface area (Å²) in [5, 5.41) is 14.7. The number of aromatic nitrogens is 4. The zero-order valence-electron chi connectivity index (χ0n) is 19.5. The van der Waals surface area contributed by atoms with E-state index in [1.54, 1.807) is 12.1 Å². The molecule has 0 spiro atoms. The van der Waals surface area contributed by atoms with E-state index in [9.17, 15) is 24.3 Å². The Labute approximate surface area is 216 Å². The van der Waals surface area contributed by atoms with Crippen LogP contribution in [0.1, 0.15) is 30.3 Å². The van der Waals surface area contributed by atoms with Crippen LogP contribution in [0, 0.1) is 0 Å². The predicted octanol–water partition coefficient (Wildman–Crippen LogP) is -2.84. The van der Waals surface area contributed by atoms with Crippen molar-refractivity contribution in [3.8, 4) is 0 Å². The first-order chi connectivity index (χ1) is 15.8. The summed E-state index contributed by atoms with van der Waals surface area (Å²) in [7, 11) is 1.20. The van der Waals surface area contributed by atoms with Gasteiger partial charge in [-0.3, -0.25) is 19.4 Å². The van der Waals surface area contributed by atoms with E-state index in [4.69, 9.17) is 5.73 Å². The maximum Gasteiger partial charge on any atom is 1.00 e. The number of H-pyrrole nitrogens is 1. The van der Waals surface area contributed by atoms with E-state index < -0.39 is 29.4 Å². The molecule has 14 heteroatoms. The number of carboxylic acid groups (broad SMARTS) is 1. The fourth-order valence-corrected chi connectivity index (χ4v) is 2.85. The van der Waals surface area contributed by atoms with Crippen LogP contribution in [0.4, 0.5) is 11.6 Å². The number of anilines is 2. The van der Waals surface area contributed by atoms with Crippen LogP contribution < -0.4 is 51.5 Å². The number of carboxylic acids is 1. The number of hydrogen-bond acceptors (Lipinski definition) is 10. The third-order valence-corrected chi connectivity index (χ3v) is 4.58. The second-order valence-electron chi connectivity index (χ2n) is 6.89. The fraction of sp³-hybridized carbons (Fsp3) is 0.250. The third-order valence-electron chi connectivity index (χ3n) is 4.58. The number of aromatic amines is 1. The van der Waals surface area contributed by atoms with Crippen LogP contribution in [0.3, 0.4) is 0 Å². The number of benzene rings is 1. The van der Waals surface area contributed by atoms with Gasteiger partial charge in [0.25, 0.3) is 11.5 Å². The summed E-state index contributed by atoms with van der Waals surface area (Å²) in [5.74, 6) is -2.45. The zero-order valence-corrected chi connectivity index (χ0v) is 20.5. The van der Waals surface area contributed by atoms with Gasteiger partial charge in [0.15, 0.2) is 11.2 Å². The first kappa shape index (κ1) is 26.7. The van der Waals surface area contributed by atoms with Gasteiger partial charge < -0.3 is 27.6 Å². The number of nitrogens with one attached hydrogen (secondary N) is 3. The quantitative estimate of drug-likeness (QED) is 0.156. The summed E-state index contributed by atoms with van der Waals surface area (Å²) in [5.41, 5.74) is 6.57. The molecule has 0 saturated carbocycles. The van der Waals surface area contributed by atoms with Gasteiger partial charge in [0.2, 0.25) is 5.95 Å². The Balaban J connectivity index is 0.00000306. The number of fused-ring (bicyclic) bond motifs is 1. The van der Waals surface area contributed by atoms with Crippen LogP contribution in [0.5, 0.6) is 0 Å². The molecule has 13 nitrogen and oxygen atoms in total. The smallest absolute Gasteiger partial charge is 1.00 e. The van der Waals surface area contributed by atoms with Gasteiger partial charge in [-0.1, -0.05) is 0 Å². The Kier molecular flexibility index (Phi) is 9.47. The normalized spacial score (nSPS) is 11.2. The summed E-state index contributed by atoms with van der Waals surface area (Å²) in [4.78, 5) is 61.4. The third kappa shape index (κ3) is 6.97. The fourth-order valence-electron chi connectivity index (χ4n) is 2.85. The number of nitrogen functional groups attached to an aromatic ring is 1. The first-order valence-corrected chi connectivity index (χ1v) is 9.72.